The summed E-state index contributed by atoms with van der Waals surface area (Å²) >= 11 is 0. The van der Waals surface area contributed by atoms with Crippen LogP contribution in [0.15, 0.2) is 53.5 Å². The number of nitrogens with zero attached hydrogens (tertiary/aromatic N) is 1. The van der Waals surface area contributed by atoms with Gasteiger partial charge >= 0.3 is 0 Å². The zero-order chi connectivity index (χ0) is 20.2. The molecule has 0 aliphatic heterocycles. The fourth-order valence-electron chi connectivity index (χ4n) is 2.54. The number of carbonyl (C=O) groups is 1. The van der Waals surface area contributed by atoms with Crippen molar-refractivity contribution < 1.29 is 14.3 Å². The number of carbonyl (C=O) groups excluding carboxylic acids is 1. The molecule has 2 rings (SSSR count). The lowest BCUT2D eigenvalue weighted by Gasteiger charge is -2.13. The predicted octanol–water partition coefficient (Wildman–Crippen LogP) is 3.41. The van der Waals surface area contributed by atoms with Crippen LogP contribution in [0, 0.1) is 0 Å². The molecule has 158 valence electrons. The van der Waals surface area contributed by atoms with Gasteiger partial charge in [-0.15, -0.1) is 24.0 Å². The topological polar surface area (TPSA) is 84.0 Å². The molecule has 0 atom stereocenters. The van der Waals surface area contributed by atoms with Crippen molar-refractivity contribution >= 4 is 41.5 Å². The highest BCUT2D eigenvalue weighted by molar-refractivity contribution is 14.0. The molecule has 0 saturated carbocycles. The van der Waals surface area contributed by atoms with Gasteiger partial charge in [-0.25, -0.2) is 4.99 Å². The Balaban J connectivity index is 0.00000420. The van der Waals surface area contributed by atoms with Crippen molar-refractivity contribution in [1.82, 2.24) is 10.6 Å². The van der Waals surface area contributed by atoms with E-state index in [1.807, 2.05) is 49.4 Å². The van der Waals surface area contributed by atoms with E-state index in [2.05, 4.69) is 20.9 Å². The first-order valence-electron chi connectivity index (χ1n) is 9.27. The highest BCUT2D eigenvalue weighted by atomic mass is 127. The average Bonchev–Trinajstić information content (AvgIpc) is 2.69. The molecule has 0 unspecified atom stereocenters. The SMILES string of the molecule is CCNC(=NCc1ccccc1OC)NCCOc1cccc(NC(C)=O)c1.I. The molecule has 0 heterocycles. The molecule has 3 N–H and O–H groups in total. The second-order valence-electron chi connectivity index (χ2n) is 5.99. The maximum absolute atomic E-state index is 11.1. The van der Waals surface area contributed by atoms with Gasteiger partial charge in [0.1, 0.15) is 18.1 Å². The van der Waals surface area contributed by atoms with Gasteiger partial charge in [-0.05, 0) is 25.1 Å². The number of hydrogen-bond donors (Lipinski definition) is 3. The fourth-order valence-corrected chi connectivity index (χ4v) is 2.54. The zero-order valence-corrected chi connectivity index (χ0v) is 19.4. The highest BCUT2D eigenvalue weighted by Crippen LogP contribution is 2.18. The van der Waals surface area contributed by atoms with E-state index in [4.69, 9.17) is 9.47 Å². The Morgan fingerprint density at radius 3 is 2.62 bits per heavy atom. The first-order chi connectivity index (χ1) is 13.6. The number of aliphatic imine (C=N–C) groups is 1. The zero-order valence-electron chi connectivity index (χ0n) is 17.0. The van der Waals surface area contributed by atoms with E-state index in [-0.39, 0.29) is 29.9 Å². The van der Waals surface area contributed by atoms with Crippen molar-refractivity contribution in [2.75, 3.05) is 32.1 Å². The van der Waals surface area contributed by atoms with E-state index in [1.165, 1.54) is 6.92 Å². The summed E-state index contributed by atoms with van der Waals surface area (Å²) in [4.78, 5) is 15.7. The van der Waals surface area contributed by atoms with E-state index in [9.17, 15) is 4.79 Å². The molecule has 8 heteroatoms. The van der Waals surface area contributed by atoms with E-state index in [0.29, 0.717) is 37.1 Å². The van der Waals surface area contributed by atoms with Gasteiger partial charge in [0.05, 0.1) is 20.2 Å². The number of amides is 1. The number of benzene rings is 2. The molecular weight excluding hydrogens is 483 g/mol. The molecule has 2 aromatic rings. The molecule has 1 amide bonds. The van der Waals surface area contributed by atoms with Crippen LogP contribution < -0.4 is 25.4 Å². The Morgan fingerprint density at radius 2 is 1.90 bits per heavy atom. The number of hydrogen-bond acceptors (Lipinski definition) is 4. The highest BCUT2D eigenvalue weighted by Gasteiger charge is 2.03. The van der Waals surface area contributed by atoms with E-state index in [0.717, 1.165) is 17.9 Å². The summed E-state index contributed by atoms with van der Waals surface area (Å²) in [6.45, 7) is 5.81. The molecule has 2 aromatic carbocycles. The summed E-state index contributed by atoms with van der Waals surface area (Å²) in [6.07, 6.45) is 0. The summed E-state index contributed by atoms with van der Waals surface area (Å²) in [6, 6.07) is 15.1. The molecule has 0 aromatic heterocycles. The molecule has 7 nitrogen and oxygen atoms in total. The average molecular weight is 512 g/mol. The Kier molecular flexibility index (Phi) is 11.6. The number of para-hydroxylation sites is 1. The predicted molar refractivity (Wildman–Crippen MR) is 127 cm³/mol. The smallest absolute Gasteiger partial charge is 0.221 e. The van der Waals surface area contributed by atoms with Crippen molar-refractivity contribution in [3.05, 3.63) is 54.1 Å². The van der Waals surface area contributed by atoms with Crippen LogP contribution in [0.5, 0.6) is 11.5 Å². The Labute approximate surface area is 189 Å². The fraction of sp³-hybridized carbons (Fsp3) is 0.333. The first-order valence-corrected chi connectivity index (χ1v) is 9.27. The van der Waals surface area contributed by atoms with E-state index in [1.54, 1.807) is 13.2 Å². The second kappa shape index (κ2) is 13.6. The van der Waals surface area contributed by atoms with Crippen molar-refractivity contribution in [3.63, 3.8) is 0 Å². The van der Waals surface area contributed by atoms with Gasteiger partial charge in [0.2, 0.25) is 5.91 Å². The number of nitrogens with one attached hydrogen (secondary N) is 3. The largest absolute Gasteiger partial charge is 0.496 e. The monoisotopic (exact) mass is 512 g/mol. The van der Waals surface area contributed by atoms with Crippen LogP contribution in [0.1, 0.15) is 19.4 Å². The van der Waals surface area contributed by atoms with Crippen LogP contribution in [-0.2, 0) is 11.3 Å². The Bertz CT molecular complexity index is 799. The van der Waals surface area contributed by atoms with Gasteiger partial charge in [-0.1, -0.05) is 24.3 Å². The minimum atomic E-state index is -0.111. The molecule has 0 fully saturated rings. The van der Waals surface area contributed by atoms with Crippen molar-refractivity contribution in [2.24, 2.45) is 4.99 Å². The molecule has 0 radical (unpaired) electrons. The molecule has 29 heavy (non-hydrogen) atoms. The second-order valence-corrected chi connectivity index (χ2v) is 5.99. The van der Waals surface area contributed by atoms with E-state index >= 15 is 0 Å². The minimum Gasteiger partial charge on any atom is -0.496 e. The molecule has 0 bridgehead atoms. The molecule has 0 saturated heterocycles. The lowest BCUT2D eigenvalue weighted by molar-refractivity contribution is -0.114. The molecular formula is C21H29IN4O3. The summed E-state index contributed by atoms with van der Waals surface area (Å²) in [7, 11) is 1.66. The van der Waals surface area contributed by atoms with Crippen LogP contribution in [0.25, 0.3) is 0 Å². The third-order valence-corrected chi connectivity index (χ3v) is 3.76. The lowest BCUT2D eigenvalue weighted by atomic mass is 10.2. The van der Waals surface area contributed by atoms with Gasteiger partial charge in [-0.3, -0.25) is 4.79 Å². The van der Waals surface area contributed by atoms with Crippen molar-refractivity contribution in [3.8, 4) is 11.5 Å². The summed E-state index contributed by atoms with van der Waals surface area (Å²) < 4.78 is 11.1. The third kappa shape index (κ3) is 9.03. The summed E-state index contributed by atoms with van der Waals surface area (Å²) in [5.41, 5.74) is 1.73. The van der Waals surface area contributed by atoms with Gasteiger partial charge in [0.15, 0.2) is 5.96 Å². The molecule has 0 spiro atoms. The standard InChI is InChI=1S/C21H28N4O3.HI/c1-4-22-21(24-15-17-8-5-6-11-20(17)27-3)23-12-13-28-19-10-7-9-18(14-19)25-16(2)26;/h5-11,14H,4,12-13,15H2,1-3H3,(H,25,26)(H2,22,23,24);1H. The third-order valence-electron chi connectivity index (χ3n) is 3.76. The van der Waals surface area contributed by atoms with Gasteiger partial charge in [-0.2, -0.15) is 0 Å². The van der Waals surface area contributed by atoms with Crippen LogP contribution >= 0.6 is 24.0 Å². The Hall–Kier alpha value is -2.49. The normalized spacial score (nSPS) is 10.5. The number of rotatable bonds is 9. The minimum absolute atomic E-state index is 0. The van der Waals surface area contributed by atoms with E-state index < -0.39 is 0 Å². The summed E-state index contributed by atoms with van der Waals surface area (Å²) in [5, 5.41) is 9.20. The maximum atomic E-state index is 11.1. The van der Waals surface area contributed by atoms with Gasteiger partial charge in [0, 0.05) is 30.8 Å². The Morgan fingerprint density at radius 1 is 1.10 bits per heavy atom. The number of ether oxygens (including phenoxy) is 2. The number of methoxy groups -OCH3 is 1. The number of halogens is 1. The van der Waals surface area contributed by atoms with Crippen molar-refractivity contribution in [2.45, 2.75) is 20.4 Å². The van der Waals surface area contributed by atoms with Crippen LogP contribution in [0.3, 0.4) is 0 Å². The maximum Gasteiger partial charge on any atom is 0.221 e. The summed E-state index contributed by atoms with van der Waals surface area (Å²) in [5.74, 6) is 2.12. The number of anilines is 1. The number of guanidine groups is 1. The first kappa shape index (κ1) is 24.5. The molecule has 0 aliphatic rings. The van der Waals surface area contributed by atoms with Crippen LogP contribution in [0.4, 0.5) is 5.69 Å². The van der Waals surface area contributed by atoms with Gasteiger partial charge < -0.3 is 25.4 Å². The van der Waals surface area contributed by atoms with Crippen LogP contribution in [0.2, 0.25) is 0 Å². The lowest BCUT2D eigenvalue weighted by Crippen LogP contribution is -2.39. The molecule has 0 aliphatic carbocycles. The quantitative estimate of drug-likeness (QED) is 0.208. The van der Waals surface area contributed by atoms with Crippen LogP contribution in [-0.4, -0.2) is 38.7 Å². The van der Waals surface area contributed by atoms with Gasteiger partial charge in [0.25, 0.3) is 0 Å². The van der Waals surface area contributed by atoms with Crippen molar-refractivity contribution in [1.29, 1.82) is 0 Å².